The number of hydrogen-bond acceptors (Lipinski definition) is 6. The minimum Gasteiger partial charge on any atom is -0.480 e. The van der Waals surface area contributed by atoms with Gasteiger partial charge in [0.2, 0.25) is 5.91 Å². The summed E-state index contributed by atoms with van der Waals surface area (Å²) in [5, 5.41) is 9.35. The van der Waals surface area contributed by atoms with Gasteiger partial charge in [0, 0.05) is 12.0 Å². The number of hydrogen-bond donors (Lipinski definition) is 2. The Hall–Kier alpha value is -2.52. The molecular formula is C16H14N2O5S2. The summed E-state index contributed by atoms with van der Waals surface area (Å²) in [4.78, 5) is 46.9. The number of carboxylic acids is 1. The van der Waals surface area contributed by atoms with Crippen molar-refractivity contribution >= 4 is 58.4 Å². The number of nitrogens with two attached hydrogens (primary N) is 1. The fourth-order valence-corrected chi connectivity index (χ4v) is 3.57. The van der Waals surface area contributed by atoms with Crippen LogP contribution in [0.2, 0.25) is 0 Å². The zero-order valence-corrected chi connectivity index (χ0v) is 14.5. The van der Waals surface area contributed by atoms with E-state index in [1.807, 2.05) is 0 Å². The molecule has 1 fully saturated rings. The quantitative estimate of drug-likeness (QED) is 0.418. The fraction of sp³-hybridized carbons (Fsp3) is 0.188. The number of thiocarbonyl (C=S) groups is 1. The van der Waals surface area contributed by atoms with Gasteiger partial charge in [-0.1, -0.05) is 48.2 Å². The zero-order chi connectivity index (χ0) is 18.6. The SMILES string of the molecule is NC(=O)CC[C@@H](C(=O)O)N1C(=O)/C(=C/c2ccc(C=O)cc2)SC1=S. The normalized spacial score (nSPS) is 17.0. The van der Waals surface area contributed by atoms with Gasteiger partial charge in [0.25, 0.3) is 5.91 Å². The van der Waals surface area contributed by atoms with Gasteiger partial charge in [0.15, 0.2) is 0 Å². The summed E-state index contributed by atoms with van der Waals surface area (Å²) in [7, 11) is 0. The number of carbonyl (C=O) groups excluding carboxylic acids is 3. The number of carboxylic acid groups (broad SMARTS) is 1. The van der Waals surface area contributed by atoms with Crippen molar-refractivity contribution in [3.8, 4) is 0 Å². The molecule has 2 amide bonds. The van der Waals surface area contributed by atoms with Crippen LogP contribution in [-0.2, 0) is 14.4 Å². The number of benzene rings is 1. The average molecular weight is 378 g/mol. The lowest BCUT2D eigenvalue weighted by atomic mass is 10.1. The van der Waals surface area contributed by atoms with Crippen molar-refractivity contribution in [3.63, 3.8) is 0 Å². The maximum Gasteiger partial charge on any atom is 0.326 e. The van der Waals surface area contributed by atoms with Gasteiger partial charge in [-0.25, -0.2) is 4.79 Å². The van der Waals surface area contributed by atoms with Gasteiger partial charge in [0.1, 0.15) is 16.6 Å². The van der Waals surface area contributed by atoms with E-state index < -0.39 is 23.8 Å². The molecule has 2 rings (SSSR count). The predicted molar refractivity (Wildman–Crippen MR) is 96.7 cm³/mol. The van der Waals surface area contributed by atoms with Crippen LogP contribution in [0.15, 0.2) is 29.2 Å². The third kappa shape index (κ3) is 4.52. The Kier molecular flexibility index (Phi) is 6.05. The molecule has 0 bridgehead atoms. The van der Waals surface area contributed by atoms with Crippen molar-refractivity contribution in [2.24, 2.45) is 5.73 Å². The first-order valence-electron chi connectivity index (χ1n) is 7.17. The topological polar surface area (TPSA) is 118 Å². The largest absolute Gasteiger partial charge is 0.480 e. The van der Waals surface area contributed by atoms with E-state index in [1.165, 1.54) is 0 Å². The minimum atomic E-state index is -1.26. The monoisotopic (exact) mass is 378 g/mol. The van der Waals surface area contributed by atoms with Crippen LogP contribution in [0.3, 0.4) is 0 Å². The maximum atomic E-state index is 12.5. The molecule has 1 aliphatic rings. The molecule has 1 aliphatic heterocycles. The highest BCUT2D eigenvalue weighted by Crippen LogP contribution is 2.34. The van der Waals surface area contributed by atoms with E-state index in [2.05, 4.69) is 0 Å². The molecule has 7 nitrogen and oxygen atoms in total. The third-order valence-electron chi connectivity index (χ3n) is 3.45. The van der Waals surface area contributed by atoms with Crippen LogP contribution in [0.4, 0.5) is 0 Å². The molecule has 9 heteroatoms. The van der Waals surface area contributed by atoms with Crippen molar-refractivity contribution in [1.82, 2.24) is 4.90 Å². The number of primary amides is 1. The van der Waals surface area contributed by atoms with Crippen molar-refractivity contribution in [3.05, 3.63) is 40.3 Å². The second kappa shape index (κ2) is 8.04. The van der Waals surface area contributed by atoms with E-state index in [9.17, 15) is 24.3 Å². The summed E-state index contributed by atoms with van der Waals surface area (Å²) >= 11 is 6.11. The molecule has 1 saturated heterocycles. The van der Waals surface area contributed by atoms with Crippen LogP contribution in [0.5, 0.6) is 0 Å². The first kappa shape index (κ1) is 18.8. The smallest absolute Gasteiger partial charge is 0.326 e. The molecule has 0 spiro atoms. The third-order valence-corrected chi connectivity index (χ3v) is 4.79. The highest BCUT2D eigenvalue weighted by atomic mass is 32.2. The Morgan fingerprint density at radius 1 is 1.28 bits per heavy atom. The molecule has 1 aromatic rings. The van der Waals surface area contributed by atoms with Gasteiger partial charge in [-0.05, 0) is 18.1 Å². The molecule has 3 N–H and O–H groups in total. The molecule has 130 valence electrons. The Balaban J connectivity index is 2.24. The Bertz CT molecular complexity index is 773. The molecule has 1 aromatic carbocycles. The van der Waals surface area contributed by atoms with E-state index in [0.717, 1.165) is 16.7 Å². The zero-order valence-electron chi connectivity index (χ0n) is 12.9. The van der Waals surface area contributed by atoms with E-state index in [0.29, 0.717) is 17.4 Å². The second-order valence-electron chi connectivity index (χ2n) is 5.20. The molecule has 0 aromatic heterocycles. The molecule has 0 unspecified atom stereocenters. The van der Waals surface area contributed by atoms with Gasteiger partial charge < -0.3 is 10.8 Å². The van der Waals surface area contributed by atoms with Gasteiger partial charge in [0.05, 0.1) is 4.91 Å². The second-order valence-corrected chi connectivity index (χ2v) is 6.87. The lowest BCUT2D eigenvalue weighted by Gasteiger charge is -2.22. The number of carbonyl (C=O) groups is 4. The highest BCUT2D eigenvalue weighted by Gasteiger charge is 2.40. The van der Waals surface area contributed by atoms with E-state index in [4.69, 9.17) is 18.0 Å². The molecule has 0 radical (unpaired) electrons. The molecule has 0 aliphatic carbocycles. The number of rotatable bonds is 7. The standard InChI is InChI=1S/C16H14N2O5S2/c17-13(20)6-5-11(15(22)23)18-14(21)12(25-16(18)24)7-9-1-3-10(8-19)4-2-9/h1-4,7-8,11H,5-6H2,(H2,17,20)(H,22,23)/b12-7-/t11-/m0/s1. The lowest BCUT2D eigenvalue weighted by molar-refractivity contribution is -0.145. The van der Waals surface area contributed by atoms with Crippen LogP contribution in [0, 0.1) is 0 Å². The van der Waals surface area contributed by atoms with Crippen LogP contribution < -0.4 is 5.73 Å². The predicted octanol–water partition coefficient (Wildman–Crippen LogP) is 1.42. The van der Waals surface area contributed by atoms with Gasteiger partial charge in [-0.15, -0.1) is 0 Å². The number of aliphatic carboxylic acids is 1. The molecular weight excluding hydrogens is 364 g/mol. The first-order chi connectivity index (χ1) is 11.8. The van der Waals surface area contributed by atoms with Crippen LogP contribution in [0.25, 0.3) is 6.08 Å². The Morgan fingerprint density at radius 3 is 2.40 bits per heavy atom. The van der Waals surface area contributed by atoms with Crippen molar-refractivity contribution < 1.29 is 24.3 Å². The summed E-state index contributed by atoms with van der Waals surface area (Å²) in [5.74, 6) is -2.44. The van der Waals surface area contributed by atoms with Crippen molar-refractivity contribution in [1.29, 1.82) is 0 Å². The summed E-state index contributed by atoms with van der Waals surface area (Å²) < 4.78 is 0.109. The van der Waals surface area contributed by atoms with Crippen LogP contribution >= 0.6 is 24.0 Å². The maximum absolute atomic E-state index is 12.5. The van der Waals surface area contributed by atoms with E-state index >= 15 is 0 Å². The Labute approximate surface area is 152 Å². The minimum absolute atomic E-state index is 0.109. The fourth-order valence-electron chi connectivity index (χ4n) is 2.21. The first-order valence-corrected chi connectivity index (χ1v) is 8.39. The summed E-state index contributed by atoms with van der Waals surface area (Å²) in [5.41, 5.74) is 6.23. The summed E-state index contributed by atoms with van der Waals surface area (Å²) in [6.45, 7) is 0. The number of aldehydes is 1. The van der Waals surface area contributed by atoms with Gasteiger partial charge in [-0.2, -0.15) is 0 Å². The molecule has 1 atom stereocenters. The average Bonchev–Trinajstić information content (AvgIpc) is 2.83. The number of amides is 2. The Morgan fingerprint density at radius 2 is 1.88 bits per heavy atom. The lowest BCUT2D eigenvalue weighted by Crippen LogP contribution is -2.44. The number of thioether (sulfide) groups is 1. The van der Waals surface area contributed by atoms with E-state index in [-0.39, 0.29) is 22.1 Å². The van der Waals surface area contributed by atoms with Crippen molar-refractivity contribution in [2.45, 2.75) is 18.9 Å². The van der Waals surface area contributed by atoms with Gasteiger partial charge in [-0.3, -0.25) is 19.3 Å². The van der Waals surface area contributed by atoms with Crippen LogP contribution in [0.1, 0.15) is 28.8 Å². The highest BCUT2D eigenvalue weighted by molar-refractivity contribution is 8.26. The van der Waals surface area contributed by atoms with Crippen LogP contribution in [-0.4, -0.2) is 44.4 Å². The van der Waals surface area contributed by atoms with Crippen molar-refractivity contribution in [2.75, 3.05) is 0 Å². The summed E-state index contributed by atoms with van der Waals surface area (Å²) in [6, 6.07) is 5.29. The van der Waals surface area contributed by atoms with E-state index in [1.54, 1.807) is 30.3 Å². The molecule has 0 saturated carbocycles. The number of nitrogens with zero attached hydrogens (tertiary/aromatic N) is 1. The molecule has 25 heavy (non-hydrogen) atoms. The summed E-state index contributed by atoms with van der Waals surface area (Å²) in [6.07, 6.45) is 2.00. The van der Waals surface area contributed by atoms with Gasteiger partial charge >= 0.3 is 5.97 Å². The molecule has 1 heterocycles.